The maximum atomic E-state index is 12.3. The number of halogens is 1. The zero-order valence-corrected chi connectivity index (χ0v) is 13.2. The van der Waals surface area contributed by atoms with E-state index in [1.54, 1.807) is 25.1 Å². The van der Waals surface area contributed by atoms with Crippen molar-refractivity contribution in [1.82, 2.24) is 4.98 Å². The molecule has 1 aromatic heterocycles. The van der Waals surface area contributed by atoms with E-state index in [4.69, 9.17) is 21.6 Å². The summed E-state index contributed by atoms with van der Waals surface area (Å²) < 4.78 is 32.3. The van der Waals surface area contributed by atoms with Gasteiger partial charge < -0.3 is 4.74 Å². The summed E-state index contributed by atoms with van der Waals surface area (Å²) in [6, 6.07) is 8.16. The second-order valence-electron chi connectivity index (χ2n) is 3.92. The van der Waals surface area contributed by atoms with E-state index in [0.29, 0.717) is 17.1 Å². The van der Waals surface area contributed by atoms with E-state index in [1.807, 2.05) is 6.07 Å². The van der Waals surface area contributed by atoms with Crippen molar-refractivity contribution in [2.24, 2.45) is 0 Å². The largest absolute Gasteiger partial charge is 0.479 e. The molecule has 0 amide bonds. The topological polar surface area (TPSA) is 92.1 Å². The van der Waals surface area contributed by atoms with Gasteiger partial charge in [0.2, 0.25) is 0 Å². The molecule has 9 heteroatoms. The Bertz CT molecular complexity index is 796. The Morgan fingerprint density at radius 3 is 2.90 bits per heavy atom. The molecule has 6 nitrogen and oxygen atoms in total. The number of nitrogens with one attached hydrogen (secondary N) is 1. The lowest BCUT2D eigenvalue weighted by atomic mass is 10.3. The molecule has 2 rings (SSSR count). The van der Waals surface area contributed by atoms with Crippen LogP contribution in [0.25, 0.3) is 0 Å². The van der Waals surface area contributed by atoms with Crippen molar-refractivity contribution < 1.29 is 13.2 Å². The van der Waals surface area contributed by atoms with Crippen molar-refractivity contribution in [2.75, 3.05) is 11.3 Å². The number of aryl methyl sites for hydroxylation is 1. The Balaban J connectivity index is 2.25. The van der Waals surface area contributed by atoms with Crippen molar-refractivity contribution in [1.29, 1.82) is 5.26 Å². The lowest BCUT2D eigenvalue weighted by Gasteiger charge is -2.08. The molecule has 0 saturated carbocycles. The first-order valence-corrected chi connectivity index (χ1v) is 8.35. The molecule has 0 spiro atoms. The fraction of sp³-hybridized carbons (Fsp3) is 0.167. The summed E-state index contributed by atoms with van der Waals surface area (Å²) in [5.74, 6) is 0.399. The van der Waals surface area contributed by atoms with Gasteiger partial charge in [-0.15, -0.1) is 0 Å². The summed E-state index contributed by atoms with van der Waals surface area (Å²) in [4.78, 5) is 3.88. The number of nitriles is 1. The van der Waals surface area contributed by atoms with Crippen molar-refractivity contribution in [3.05, 3.63) is 34.4 Å². The Morgan fingerprint density at radius 2 is 2.29 bits per heavy atom. The van der Waals surface area contributed by atoms with Gasteiger partial charge in [0.05, 0.1) is 11.4 Å². The first-order valence-electron chi connectivity index (χ1n) is 5.68. The number of ether oxygens (including phenoxy) is 1. The Hall–Kier alpha value is -1.82. The molecule has 0 aliphatic heterocycles. The van der Waals surface area contributed by atoms with Gasteiger partial charge in [0, 0.05) is 6.07 Å². The van der Waals surface area contributed by atoms with Crippen LogP contribution in [0.15, 0.2) is 28.5 Å². The van der Waals surface area contributed by atoms with Crippen LogP contribution in [0.3, 0.4) is 0 Å². The minimum Gasteiger partial charge on any atom is -0.479 e. The second-order valence-corrected chi connectivity index (χ2v) is 7.38. The molecule has 21 heavy (non-hydrogen) atoms. The molecule has 1 heterocycles. The smallest absolute Gasteiger partial charge is 0.273 e. The van der Waals surface area contributed by atoms with E-state index in [9.17, 15) is 8.42 Å². The van der Waals surface area contributed by atoms with Gasteiger partial charge in [-0.3, -0.25) is 4.72 Å². The summed E-state index contributed by atoms with van der Waals surface area (Å²) in [5.41, 5.74) is 0.670. The number of hydrogen-bond acceptors (Lipinski definition) is 6. The number of aromatic nitrogens is 1. The molecule has 0 radical (unpaired) electrons. The molecule has 110 valence electrons. The van der Waals surface area contributed by atoms with Crippen LogP contribution in [0.5, 0.6) is 5.75 Å². The van der Waals surface area contributed by atoms with E-state index in [-0.39, 0.29) is 15.3 Å². The van der Waals surface area contributed by atoms with Gasteiger partial charge in [0.15, 0.2) is 15.3 Å². The third kappa shape index (κ3) is 3.85. The summed E-state index contributed by atoms with van der Waals surface area (Å²) in [5, 5.41) is 8.46. The zero-order chi connectivity index (χ0) is 15.5. The number of hydrogen-bond donors (Lipinski definition) is 1. The fourth-order valence-electron chi connectivity index (χ4n) is 1.57. The molecule has 0 bridgehead atoms. The second kappa shape index (κ2) is 6.30. The number of thiazole rings is 1. The molecule has 2 aromatic rings. The quantitative estimate of drug-likeness (QED) is 0.901. The molecular weight excluding hydrogens is 334 g/mol. The number of sulfonamides is 1. The predicted molar refractivity (Wildman–Crippen MR) is 80.2 cm³/mol. The summed E-state index contributed by atoms with van der Waals surface area (Å²) >= 11 is 6.61. The summed E-state index contributed by atoms with van der Waals surface area (Å²) in [6.07, 6.45) is 0. The van der Waals surface area contributed by atoms with Crippen LogP contribution >= 0.6 is 22.9 Å². The van der Waals surface area contributed by atoms with Gasteiger partial charge in [-0.2, -0.15) is 5.26 Å². The van der Waals surface area contributed by atoms with Crippen LogP contribution in [0.2, 0.25) is 4.47 Å². The van der Waals surface area contributed by atoms with Crippen molar-refractivity contribution >= 4 is 38.6 Å². The lowest BCUT2D eigenvalue weighted by Crippen LogP contribution is -2.12. The molecule has 0 aliphatic carbocycles. The Morgan fingerprint density at radius 1 is 1.52 bits per heavy atom. The normalized spacial score (nSPS) is 10.9. The summed E-state index contributed by atoms with van der Waals surface area (Å²) in [6.45, 7) is 1.46. The SMILES string of the molecule is Cc1nc(Cl)sc1S(=O)(=O)Nc1cccc(OCC#N)c1. The molecule has 0 unspecified atom stereocenters. The highest BCUT2D eigenvalue weighted by molar-refractivity contribution is 7.94. The minimum atomic E-state index is -3.76. The zero-order valence-electron chi connectivity index (χ0n) is 10.8. The van der Waals surface area contributed by atoms with E-state index in [1.165, 1.54) is 6.07 Å². The van der Waals surface area contributed by atoms with Crippen molar-refractivity contribution in [2.45, 2.75) is 11.1 Å². The van der Waals surface area contributed by atoms with Gasteiger partial charge in [0.1, 0.15) is 11.8 Å². The predicted octanol–water partition coefficient (Wildman–Crippen LogP) is 2.81. The van der Waals surface area contributed by atoms with Crippen LogP contribution in [-0.4, -0.2) is 20.0 Å². The molecule has 1 N–H and O–H groups in total. The Labute approximate surface area is 131 Å². The van der Waals surface area contributed by atoms with Gasteiger partial charge >= 0.3 is 0 Å². The highest BCUT2D eigenvalue weighted by atomic mass is 35.5. The number of rotatable bonds is 5. The van der Waals surface area contributed by atoms with Crippen LogP contribution in [0.4, 0.5) is 5.69 Å². The molecule has 0 atom stereocenters. The third-order valence-electron chi connectivity index (χ3n) is 2.36. The van der Waals surface area contributed by atoms with E-state index in [0.717, 1.165) is 11.3 Å². The molecule has 1 aromatic carbocycles. The van der Waals surface area contributed by atoms with Crippen LogP contribution in [0, 0.1) is 18.3 Å². The van der Waals surface area contributed by atoms with Gasteiger partial charge in [-0.1, -0.05) is 29.0 Å². The van der Waals surface area contributed by atoms with Crippen LogP contribution in [-0.2, 0) is 10.0 Å². The van der Waals surface area contributed by atoms with Gasteiger partial charge in [-0.25, -0.2) is 13.4 Å². The first-order chi connectivity index (χ1) is 9.92. The number of benzene rings is 1. The maximum absolute atomic E-state index is 12.3. The molecule has 0 aliphatic rings. The highest BCUT2D eigenvalue weighted by Gasteiger charge is 2.21. The summed E-state index contributed by atoms with van der Waals surface area (Å²) in [7, 11) is -3.76. The van der Waals surface area contributed by atoms with E-state index < -0.39 is 10.0 Å². The van der Waals surface area contributed by atoms with E-state index in [2.05, 4.69) is 9.71 Å². The lowest BCUT2D eigenvalue weighted by molar-refractivity contribution is 0.368. The van der Waals surface area contributed by atoms with Crippen LogP contribution in [0.1, 0.15) is 5.69 Å². The van der Waals surface area contributed by atoms with Crippen molar-refractivity contribution in [3.63, 3.8) is 0 Å². The van der Waals surface area contributed by atoms with Crippen molar-refractivity contribution in [3.8, 4) is 11.8 Å². The standard InChI is InChI=1S/C12H10ClN3O3S2/c1-8-11(20-12(13)15-8)21(17,18)16-9-3-2-4-10(7-9)19-6-5-14/h2-4,7,16H,6H2,1H3. The monoisotopic (exact) mass is 343 g/mol. The maximum Gasteiger partial charge on any atom is 0.273 e. The number of nitrogens with zero attached hydrogens (tertiary/aromatic N) is 2. The van der Waals surface area contributed by atoms with Gasteiger partial charge in [-0.05, 0) is 19.1 Å². The van der Waals surface area contributed by atoms with Crippen LogP contribution < -0.4 is 9.46 Å². The first kappa shape index (κ1) is 15.6. The highest BCUT2D eigenvalue weighted by Crippen LogP contribution is 2.29. The van der Waals surface area contributed by atoms with Gasteiger partial charge in [0.25, 0.3) is 10.0 Å². The average molecular weight is 344 g/mol. The molecular formula is C12H10ClN3O3S2. The van der Waals surface area contributed by atoms with E-state index >= 15 is 0 Å². The fourth-order valence-corrected chi connectivity index (χ4v) is 4.36. The Kier molecular flexibility index (Phi) is 4.67. The molecule has 0 saturated heterocycles. The number of anilines is 1. The molecule has 0 fully saturated rings. The minimum absolute atomic E-state index is 0.0656. The average Bonchev–Trinajstić information content (AvgIpc) is 2.76. The third-order valence-corrected chi connectivity index (χ3v) is 5.61.